The summed E-state index contributed by atoms with van der Waals surface area (Å²) in [4.78, 5) is 11.7. The third-order valence-electron chi connectivity index (χ3n) is 3.05. The van der Waals surface area contributed by atoms with E-state index in [2.05, 4.69) is 0 Å². The summed E-state index contributed by atoms with van der Waals surface area (Å²) in [5.74, 6) is 0.218. The maximum Gasteiger partial charge on any atom is 0.161 e. The van der Waals surface area contributed by atoms with E-state index >= 15 is 0 Å². The highest BCUT2D eigenvalue weighted by Gasteiger charge is 2.25. The first-order chi connectivity index (χ1) is 7.74. The van der Waals surface area contributed by atoms with Crippen LogP contribution >= 0.6 is 0 Å². The lowest BCUT2D eigenvalue weighted by molar-refractivity contribution is -0.116. The van der Waals surface area contributed by atoms with Gasteiger partial charge in [-0.3, -0.25) is 4.79 Å². The molecule has 1 unspecified atom stereocenters. The zero-order chi connectivity index (χ0) is 11.5. The number of ether oxygens (including phenoxy) is 1. The first kappa shape index (κ1) is 11.1. The van der Waals surface area contributed by atoms with Gasteiger partial charge >= 0.3 is 0 Å². The number of carbonyl (C=O) groups excluding carboxylic acids is 1. The van der Waals surface area contributed by atoms with E-state index < -0.39 is 0 Å². The molecule has 0 aromatic heterocycles. The molecule has 2 heteroatoms. The second kappa shape index (κ2) is 4.62. The predicted molar refractivity (Wildman–Crippen MR) is 63.3 cm³/mol. The summed E-state index contributed by atoms with van der Waals surface area (Å²) in [6.45, 7) is 2.04. The fraction of sp³-hybridized carbons (Fsp3) is 0.357. The van der Waals surface area contributed by atoms with Crippen LogP contribution < -0.4 is 0 Å². The predicted octanol–water partition coefficient (Wildman–Crippen LogP) is 2.97. The van der Waals surface area contributed by atoms with E-state index in [1.165, 1.54) is 0 Å². The van der Waals surface area contributed by atoms with Crippen molar-refractivity contribution in [1.82, 2.24) is 0 Å². The van der Waals surface area contributed by atoms with Gasteiger partial charge in [0, 0.05) is 19.1 Å². The Morgan fingerprint density at radius 1 is 1.31 bits per heavy atom. The third kappa shape index (κ3) is 1.93. The van der Waals surface area contributed by atoms with E-state index in [4.69, 9.17) is 4.74 Å². The fourth-order valence-corrected chi connectivity index (χ4v) is 2.17. The topological polar surface area (TPSA) is 26.3 Å². The molecule has 1 aliphatic rings. The van der Waals surface area contributed by atoms with Gasteiger partial charge in [-0.1, -0.05) is 30.3 Å². The Bertz CT molecular complexity index is 432. The standard InChI is InChI=1S/C14H16O2/c1-10-6-3-4-7-11(10)14(16-2)12-8-5-9-13(12)15/h3-4,6-8,14H,5,9H2,1-2H3. The molecule has 0 fully saturated rings. The van der Waals surface area contributed by atoms with Crippen molar-refractivity contribution < 1.29 is 9.53 Å². The SMILES string of the molecule is COC(C1=CCCC1=O)c1ccccc1C. The second-order valence-corrected chi connectivity index (χ2v) is 4.09. The van der Waals surface area contributed by atoms with Gasteiger partial charge < -0.3 is 4.74 Å². The number of methoxy groups -OCH3 is 1. The number of benzene rings is 1. The molecule has 1 aromatic carbocycles. The van der Waals surface area contributed by atoms with Gasteiger partial charge in [-0.25, -0.2) is 0 Å². The molecule has 0 amide bonds. The van der Waals surface area contributed by atoms with E-state index in [-0.39, 0.29) is 11.9 Å². The lowest BCUT2D eigenvalue weighted by Gasteiger charge is -2.18. The molecule has 16 heavy (non-hydrogen) atoms. The molecule has 1 aliphatic carbocycles. The van der Waals surface area contributed by atoms with Crippen LogP contribution in [0.4, 0.5) is 0 Å². The summed E-state index contributed by atoms with van der Waals surface area (Å²) in [6.07, 6.45) is 3.28. The van der Waals surface area contributed by atoms with Crippen molar-refractivity contribution in [2.45, 2.75) is 25.9 Å². The first-order valence-electron chi connectivity index (χ1n) is 5.55. The van der Waals surface area contributed by atoms with Crippen molar-refractivity contribution in [2.24, 2.45) is 0 Å². The maximum absolute atomic E-state index is 11.7. The zero-order valence-corrected chi connectivity index (χ0v) is 9.69. The molecule has 2 rings (SSSR count). The number of Topliss-reactive ketones (excluding diaryl/α,β-unsaturated/α-hetero) is 1. The Balaban J connectivity index is 2.37. The minimum atomic E-state index is -0.198. The average molecular weight is 216 g/mol. The second-order valence-electron chi connectivity index (χ2n) is 4.09. The molecule has 0 radical (unpaired) electrons. The Labute approximate surface area is 95.9 Å². The molecule has 1 aromatic rings. The van der Waals surface area contributed by atoms with Crippen molar-refractivity contribution in [3.63, 3.8) is 0 Å². The van der Waals surface area contributed by atoms with E-state index in [0.717, 1.165) is 23.1 Å². The number of hydrogen-bond donors (Lipinski definition) is 0. The summed E-state index contributed by atoms with van der Waals surface area (Å²) in [6, 6.07) is 8.04. The number of aryl methyl sites for hydroxylation is 1. The molecule has 84 valence electrons. The van der Waals surface area contributed by atoms with Gasteiger partial charge in [-0.2, -0.15) is 0 Å². The van der Waals surface area contributed by atoms with E-state index in [1.807, 2.05) is 37.3 Å². The highest BCUT2D eigenvalue weighted by Crippen LogP contribution is 2.32. The Hall–Kier alpha value is -1.41. The maximum atomic E-state index is 11.7. The fourth-order valence-electron chi connectivity index (χ4n) is 2.17. The molecule has 0 saturated heterocycles. The molecule has 0 spiro atoms. The van der Waals surface area contributed by atoms with Crippen LogP contribution in [0.5, 0.6) is 0 Å². The van der Waals surface area contributed by atoms with Crippen LogP contribution in [0.3, 0.4) is 0 Å². The van der Waals surface area contributed by atoms with Gasteiger partial charge in [-0.05, 0) is 24.5 Å². The number of hydrogen-bond acceptors (Lipinski definition) is 2. The smallest absolute Gasteiger partial charge is 0.161 e. The summed E-state index contributed by atoms with van der Waals surface area (Å²) >= 11 is 0. The van der Waals surface area contributed by atoms with Gasteiger partial charge in [-0.15, -0.1) is 0 Å². The molecule has 1 atom stereocenters. The summed E-state index contributed by atoms with van der Waals surface area (Å²) in [5.41, 5.74) is 3.07. The lowest BCUT2D eigenvalue weighted by Crippen LogP contribution is -2.11. The highest BCUT2D eigenvalue weighted by atomic mass is 16.5. The highest BCUT2D eigenvalue weighted by molar-refractivity contribution is 5.98. The summed E-state index contributed by atoms with van der Waals surface area (Å²) in [5, 5.41) is 0. The van der Waals surface area contributed by atoms with E-state index in [1.54, 1.807) is 7.11 Å². The van der Waals surface area contributed by atoms with Gasteiger partial charge in [0.1, 0.15) is 6.10 Å². The molecule has 0 N–H and O–H groups in total. The summed E-state index contributed by atoms with van der Waals surface area (Å²) in [7, 11) is 1.66. The minimum absolute atomic E-state index is 0.198. The minimum Gasteiger partial charge on any atom is -0.372 e. The molecule has 2 nitrogen and oxygen atoms in total. The van der Waals surface area contributed by atoms with Crippen LogP contribution in [0.1, 0.15) is 30.1 Å². The average Bonchev–Trinajstić information content (AvgIpc) is 2.69. The number of ketones is 1. The third-order valence-corrected chi connectivity index (χ3v) is 3.05. The van der Waals surface area contributed by atoms with E-state index in [0.29, 0.717) is 6.42 Å². The summed E-state index contributed by atoms with van der Waals surface area (Å²) < 4.78 is 5.48. The number of allylic oxidation sites excluding steroid dienone is 1. The van der Waals surface area contributed by atoms with Crippen molar-refractivity contribution in [3.8, 4) is 0 Å². The van der Waals surface area contributed by atoms with Crippen LogP contribution in [0.25, 0.3) is 0 Å². The monoisotopic (exact) mass is 216 g/mol. The van der Waals surface area contributed by atoms with Crippen LogP contribution in [0.15, 0.2) is 35.9 Å². The molecule has 0 saturated carbocycles. The quantitative estimate of drug-likeness (QED) is 0.776. The van der Waals surface area contributed by atoms with Gasteiger partial charge in [0.2, 0.25) is 0 Å². The Morgan fingerprint density at radius 2 is 2.06 bits per heavy atom. The Morgan fingerprint density at radius 3 is 2.62 bits per heavy atom. The molecular weight excluding hydrogens is 200 g/mol. The van der Waals surface area contributed by atoms with Gasteiger partial charge in [0.25, 0.3) is 0 Å². The van der Waals surface area contributed by atoms with Crippen molar-refractivity contribution in [3.05, 3.63) is 47.0 Å². The molecule has 0 bridgehead atoms. The zero-order valence-electron chi connectivity index (χ0n) is 9.69. The largest absolute Gasteiger partial charge is 0.372 e. The van der Waals surface area contributed by atoms with Crippen molar-refractivity contribution >= 4 is 5.78 Å². The van der Waals surface area contributed by atoms with Crippen LogP contribution in [-0.4, -0.2) is 12.9 Å². The first-order valence-corrected chi connectivity index (χ1v) is 5.55. The van der Waals surface area contributed by atoms with Crippen molar-refractivity contribution in [2.75, 3.05) is 7.11 Å². The van der Waals surface area contributed by atoms with Crippen molar-refractivity contribution in [1.29, 1.82) is 0 Å². The molecular formula is C14H16O2. The van der Waals surface area contributed by atoms with Crippen LogP contribution in [0.2, 0.25) is 0 Å². The van der Waals surface area contributed by atoms with Gasteiger partial charge in [0.05, 0.1) is 0 Å². The number of rotatable bonds is 3. The Kier molecular flexibility index (Phi) is 3.20. The van der Waals surface area contributed by atoms with Crippen LogP contribution in [-0.2, 0) is 9.53 Å². The van der Waals surface area contributed by atoms with E-state index in [9.17, 15) is 4.79 Å². The normalized spacial score (nSPS) is 17.4. The lowest BCUT2D eigenvalue weighted by atomic mass is 9.96. The van der Waals surface area contributed by atoms with Gasteiger partial charge in [0.15, 0.2) is 5.78 Å². The van der Waals surface area contributed by atoms with Crippen LogP contribution in [0, 0.1) is 6.92 Å². The molecule has 0 aliphatic heterocycles. The molecule has 0 heterocycles. The number of carbonyl (C=O) groups is 1.